The molecule has 0 aromatic heterocycles. The molecule has 1 N–H and O–H groups in total. The summed E-state index contributed by atoms with van der Waals surface area (Å²) in [6, 6.07) is 9.24. The van der Waals surface area contributed by atoms with Gasteiger partial charge >= 0.3 is 12.1 Å². The largest absolute Gasteiger partial charge is 0.464 e. The predicted octanol–water partition coefficient (Wildman–Crippen LogP) is 1.45. The highest BCUT2D eigenvalue weighted by molar-refractivity contribution is 5.92. The van der Waals surface area contributed by atoms with Crippen molar-refractivity contribution < 1.29 is 24.2 Å². The van der Waals surface area contributed by atoms with Crippen LogP contribution in [0.5, 0.6) is 0 Å². The van der Waals surface area contributed by atoms with Gasteiger partial charge in [0, 0.05) is 6.54 Å². The molecule has 21 heavy (non-hydrogen) atoms. The van der Waals surface area contributed by atoms with Crippen molar-refractivity contribution in [1.82, 2.24) is 4.90 Å². The van der Waals surface area contributed by atoms with E-state index in [0.29, 0.717) is 6.42 Å². The van der Waals surface area contributed by atoms with Crippen molar-refractivity contribution >= 4 is 12.1 Å². The molecule has 2 rings (SSSR count). The molecule has 0 unspecified atom stereocenters. The van der Waals surface area contributed by atoms with Crippen molar-refractivity contribution in [3.63, 3.8) is 0 Å². The monoisotopic (exact) mass is 291 g/mol. The number of carbonyl (C=O) groups excluding carboxylic acids is 2. The summed E-state index contributed by atoms with van der Waals surface area (Å²) in [5.41, 5.74) is 0.862. The van der Waals surface area contributed by atoms with E-state index in [0.717, 1.165) is 5.56 Å². The minimum atomic E-state index is -0.766. The summed E-state index contributed by atoms with van der Waals surface area (Å²) in [4.78, 5) is 24.9. The maximum Gasteiger partial charge on any atom is 0.414 e. The Bertz CT molecular complexity index is 540. The van der Waals surface area contributed by atoms with E-state index in [1.807, 2.05) is 30.3 Å². The number of carbonyl (C=O) groups is 2. The molecule has 6 nitrogen and oxygen atoms in total. The van der Waals surface area contributed by atoms with Gasteiger partial charge in [0.25, 0.3) is 0 Å². The molecule has 6 heteroatoms. The molecule has 0 saturated carbocycles. The zero-order valence-electron chi connectivity index (χ0n) is 11.7. The highest BCUT2D eigenvalue weighted by Crippen LogP contribution is 2.18. The molecule has 112 valence electrons. The number of hydrogen-bond donors (Lipinski definition) is 1. The fourth-order valence-corrected chi connectivity index (χ4v) is 2.01. The Kier molecular flexibility index (Phi) is 4.94. The van der Waals surface area contributed by atoms with Crippen LogP contribution in [0.25, 0.3) is 0 Å². The zero-order chi connectivity index (χ0) is 15.2. The Morgan fingerprint density at radius 1 is 1.33 bits per heavy atom. The van der Waals surface area contributed by atoms with Gasteiger partial charge in [-0.05, 0) is 18.1 Å². The summed E-state index contributed by atoms with van der Waals surface area (Å²) in [6.07, 6.45) is 0.250. The normalized spacial score (nSPS) is 17.9. The number of esters is 1. The minimum absolute atomic E-state index is 0.00862. The topological polar surface area (TPSA) is 76.1 Å². The van der Waals surface area contributed by atoms with Gasteiger partial charge in [-0.1, -0.05) is 30.3 Å². The molecule has 1 aromatic carbocycles. The molecule has 1 aliphatic rings. The summed E-state index contributed by atoms with van der Waals surface area (Å²) in [7, 11) is 1.22. The summed E-state index contributed by atoms with van der Waals surface area (Å²) in [6.45, 7) is 0.322. The van der Waals surface area contributed by atoms with E-state index in [-0.39, 0.29) is 18.8 Å². The molecule has 1 aromatic rings. The molecule has 1 heterocycles. The second-order valence-electron chi connectivity index (χ2n) is 4.59. The molecule has 1 atom stereocenters. The fourth-order valence-electron chi connectivity index (χ4n) is 2.01. The lowest BCUT2D eigenvalue weighted by molar-refractivity contribution is -0.138. The number of rotatable bonds is 3. The van der Waals surface area contributed by atoms with Crippen LogP contribution in [0.1, 0.15) is 12.0 Å². The first kappa shape index (κ1) is 15.1. The Labute approximate surface area is 122 Å². The van der Waals surface area contributed by atoms with Crippen LogP contribution in [-0.2, 0) is 20.9 Å². The molecule has 0 fully saturated rings. The van der Waals surface area contributed by atoms with E-state index in [1.54, 1.807) is 0 Å². The van der Waals surface area contributed by atoms with Crippen LogP contribution in [0, 0.1) is 0 Å². The second-order valence-corrected chi connectivity index (χ2v) is 4.59. The van der Waals surface area contributed by atoms with Crippen molar-refractivity contribution in [2.24, 2.45) is 0 Å². The molecule has 1 aliphatic heterocycles. The Morgan fingerprint density at radius 3 is 2.71 bits per heavy atom. The first-order valence-electron chi connectivity index (χ1n) is 6.58. The van der Waals surface area contributed by atoms with Crippen LogP contribution in [-0.4, -0.2) is 41.8 Å². The van der Waals surface area contributed by atoms with Gasteiger partial charge in [0.1, 0.15) is 12.3 Å². The third-order valence-electron chi connectivity index (χ3n) is 3.11. The van der Waals surface area contributed by atoms with E-state index in [1.165, 1.54) is 18.1 Å². The highest BCUT2D eigenvalue weighted by atomic mass is 16.6. The van der Waals surface area contributed by atoms with Gasteiger partial charge in [0.05, 0.1) is 13.2 Å². The fraction of sp³-hybridized carbons (Fsp3) is 0.333. The number of benzene rings is 1. The van der Waals surface area contributed by atoms with E-state index in [2.05, 4.69) is 4.74 Å². The lowest BCUT2D eigenvalue weighted by Gasteiger charge is -2.28. The van der Waals surface area contributed by atoms with Gasteiger partial charge in [0.2, 0.25) is 0 Å². The number of hydrogen-bond acceptors (Lipinski definition) is 5. The summed E-state index contributed by atoms with van der Waals surface area (Å²) in [5.74, 6) is -0.676. The van der Waals surface area contributed by atoms with Crippen LogP contribution < -0.4 is 0 Å². The number of nitrogens with zero attached hydrogens (tertiary/aromatic N) is 1. The van der Waals surface area contributed by atoms with Crippen LogP contribution in [0.4, 0.5) is 4.79 Å². The second kappa shape index (κ2) is 6.90. The van der Waals surface area contributed by atoms with Crippen molar-refractivity contribution in [2.45, 2.75) is 19.1 Å². The molecular formula is C15H17NO5. The number of aliphatic hydroxyl groups is 1. The number of methoxy groups -OCH3 is 1. The smallest absolute Gasteiger partial charge is 0.414 e. The molecule has 0 spiro atoms. The number of aliphatic hydroxyl groups excluding tert-OH is 1. The summed E-state index contributed by atoms with van der Waals surface area (Å²) in [5, 5.41) is 9.57. The SMILES string of the molecule is COC(=O)C1=C[C@H](O)CCN1C(=O)OCc1ccccc1. The summed E-state index contributed by atoms with van der Waals surface area (Å²) >= 11 is 0. The van der Waals surface area contributed by atoms with Crippen molar-refractivity contribution in [2.75, 3.05) is 13.7 Å². The maximum atomic E-state index is 12.1. The summed E-state index contributed by atoms with van der Waals surface area (Å²) < 4.78 is 9.80. The van der Waals surface area contributed by atoms with E-state index < -0.39 is 18.2 Å². The average Bonchev–Trinajstić information content (AvgIpc) is 2.52. The molecule has 1 amide bonds. The lowest BCUT2D eigenvalue weighted by Crippen LogP contribution is -2.40. The lowest BCUT2D eigenvalue weighted by atomic mass is 10.1. The van der Waals surface area contributed by atoms with Crippen LogP contribution in [0.15, 0.2) is 42.1 Å². The average molecular weight is 291 g/mol. The predicted molar refractivity (Wildman–Crippen MR) is 74.1 cm³/mol. The first-order chi connectivity index (χ1) is 10.1. The van der Waals surface area contributed by atoms with Crippen LogP contribution in [0.2, 0.25) is 0 Å². The van der Waals surface area contributed by atoms with Gasteiger partial charge < -0.3 is 14.6 Å². The number of amides is 1. The molecular weight excluding hydrogens is 274 g/mol. The van der Waals surface area contributed by atoms with Gasteiger partial charge in [-0.2, -0.15) is 0 Å². The van der Waals surface area contributed by atoms with E-state index in [9.17, 15) is 14.7 Å². The van der Waals surface area contributed by atoms with E-state index >= 15 is 0 Å². The van der Waals surface area contributed by atoms with Crippen molar-refractivity contribution in [3.05, 3.63) is 47.7 Å². The van der Waals surface area contributed by atoms with Crippen molar-refractivity contribution in [1.29, 1.82) is 0 Å². The Balaban J connectivity index is 2.03. The minimum Gasteiger partial charge on any atom is -0.464 e. The molecule has 0 radical (unpaired) electrons. The van der Waals surface area contributed by atoms with Crippen molar-refractivity contribution in [3.8, 4) is 0 Å². The standard InChI is InChI=1S/C15H17NO5/c1-20-14(18)13-9-12(17)7-8-16(13)15(19)21-10-11-5-3-2-4-6-11/h2-6,9,12,17H,7-8,10H2,1H3/t12-/m1/s1. The van der Waals surface area contributed by atoms with Crippen LogP contribution in [0.3, 0.4) is 0 Å². The maximum absolute atomic E-state index is 12.1. The first-order valence-corrected chi connectivity index (χ1v) is 6.58. The van der Waals surface area contributed by atoms with Gasteiger partial charge in [-0.3, -0.25) is 4.90 Å². The Morgan fingerprint density at radius 2 is 2.05 bits per heavy atom. The van der Waals surface area contributed by atoms with Crippen LogP contribution >= 0.6 is 0 Å². The third kappa shape index (κ3) is 3.82. The zero-order valence-corrected chi connectivity index (χ0v) is 11.7. The number of ether oxygens (including phenoxy) is 2. The van der Waals surface area contributed by atoms with Gasteiger partial charge in [-0.15, -0.1) is 0 Å². The third-order valence-corrected chi connectivity index (χ3v) is 3.11. The highest BCUT2D eigenvalue weighted by Gasteiger charge is 2.30. The van der Waals surface area contributed by atoms with E-state index in [4.69, 9.17) is 4.74 Å². The van der Waals surface area contributed by atoms with Gasteiger partial charge in [0.15, 0.2) is 0 Å². The van der Waals surface area contributed by atoms with Gasteiger partial charge in [-0.25, -0.2) is 9.59 Å². The Hall–Kier alpha value is -2.34. The molecule has 0 aliphatic carbocycles. The molecule has 0 bridgehead atoms. The quantitative estimate of drug-likeness (QED) is 0.853. The molecule has 0 saturated heterocycles.